The van der Waals surface area contributed by atoms with E-state index in [0.717, 1.165) is 44.5 Å². The predicted molar refractivity (Wildman–Crippen MR) is 97.1 cm³/mol. The average Bonchev–Trinajstić information content (AvgIpc) is 2.65. The van der Waals surface area contributed by atoms with Crippen molar-refractivity contribution >= 4 is 5.97 Å². The van der Waals surface area contributed by atoms with Gasteiger partial charge in [-0.3, -0.25) is 4.79 Å². The van der Waals surface area contributed by atoms with Crippen molar-refractivity contribution in [2.45, 2.75) is 38.5 Å². The van der Waals surface area contributed by atoms with Crippen LogP contribution in [0.25, 0.3) is 11.1 Å². The van der Waals surface area contributed by atoms with E-state index in [4.69, 9.17) is 4.74 Å². The lowest BCUT2D eigenvalue weighted by Crippen LogP contribution is -1.99. The first-order valence-electron chi connectivity index (χ1n) is 8.64. The van der Waals surface area contributed by atoms with Crippen LogP contribution in [-0.4, -0.2) is 19.7 Å². The molecule has 0 saturated heterocycles. The predicted octanol–water partition coefficient (Wildman–Crippen LogP) is 5.25. The Balaban J connectivity index is 1.59. The highest BCUT2D eigenvalue weighted by molar-refractivity contribution is 5.69. The van der Waals surface area contributed by atoms with Gasteiger partial charge in [0.2, 0.25) is 0 Å². The van der Waals surface area contributed by atoms with E-state index in [9.17, 15) is 4.79 Å². The maximum Gasteiger partial charge on any atom is 0.305 e. The number of benzene rings is 2. The normalized spacial score (nSPS) is 10.4. The Morgan fingerprint density at radius 1 is 0.792 bits per heavy atom. The minimum absolute atomic E-state index is 0.114. The number of rotatable bonds is 10. The lowest BCUT2D eigenvalue weighted by atomic mass is 10.1. The SMILES string of the molecule is COC(=O)CCCCCCCOc1ccc(-c2ccccc2)cc1. The topological polar surface area (TPSA) is 35.5 Å². The Morgan fingerprint density at radius 2 is 1.42 bits per heavy atom. The zero-order valence-electron chi connectivity index (χ0n) is 14.4. The van der Waals surface area contributed by atoms with Gasteiger partial charge in [-0.15, -0.1) is 0 Å². The van der Waals surface area contributed by atoms with Gasteiger partial charge in [-0.2, -0.15) is 0 Å². The summed E-state index contributed by atoms with van der Waals surface area (Å²) in [5, 5.41) is 0. The Kier molecular flexibility index (Phi) is 7.88. The number of unbranched alkanes of at least 4 members (excludes halogenated alkanes) is 4. The van der Waals surface area contributed by atoms with Crippen molar-refractivity contribution in [1.29, 1.82) is 0 Å². The quantitative estimate of drug-likeness (QED) is 0.442. The Labute approximate surface area is 144 Å². The summed E-state index contributed by atoms with van der Waals surface area (Å²) in [7, 11) is 1.44. The molecule has 0 saturated carbocycles. The van der Waals surface area contributed by atoms with Crippen LogP contribution >= 0.6 is 0 Å². The molecule has 0 amide bonds. The maximum absolute atomic E-state index is 11.0. The molecule has 2 rings (SSSR count). The second-order valence-corrected chi connectivity index (χ2v) is 5.83. The highest BCUT2D eigenvalue weighted by atomic mass is 16.5. The lowest BCUT2D eigenvalue weighted by molar-refractivity contribution is -0.140. The third kappa shape index (κ3) is 6.45. The van der Waals surface area contributed by atoms with Gasteiger partial charge in [0, 0.05) is 6.42 Å². The minimum atomic E-state index is -0.114. The number of esters is 1. The fourth-order valence-corrected chi connectivity index (χ4v) is 2.57. The van der Waals surface area contributed by atoms with Crippen molar-refractivity contribution < 1.29 is 14.3 Å². The third-order valence-corrected chi connectivity index (χ3v) is 3.98. The summed E-state index contributed by atoms with van der Waals surface area (Å²) in [4.78, 5) is 11.0. The van der Waals surface area contributed by atoms with Crippen molar-refractivity contribution in [2.75, 3.05) is 13.7 Å². The van der Waals surface area contributed by atoms with Gasteiger partial charge >= 0.3 is 5.97 Å². The van der Waals surface area contributed by atoms with E-state index < -0.39 is 0 Å². The zero-order chi connectivity index (χ0) is 17.0. The summed E-state index contributed by atoms with van der Waals surface area (Å²) < 4.78 is 10.4. The molecule has 0 radical (unpaired) electrons. The number of hydrogen-bond donors (Lipinski definition) is 0. The monoisotopic (exact) mass is 326 g/mol. The van der Waals surface area contributed by atoms with Gasteiger partial charge in [-0.1, -0.05) is 61.7 Å². The molecule has 0 N–H and O–H groups in total. The van der Waals surface area contributed by atoms with Crippen molar-refractivity contribution in [3.8, 4) is 16.9 Å². The molecule has 0 aliphatic rings. The first-order valence-corrected chi connectivity index (χ1v) is 8.64. The van der Waals surface area contributed by atoms with Crippen LogP contribution in [0.1, 0.15) is 38.5 Å². The van der Waals surface area contributed by atoms with Crippen LogP contribution in [0.4, 0.5) is 0 Å². The Bertz CT molecular complexity index is 590. The van der Waals surface area contributed by atoms with E-state index in [2.05, 4.69) is 29.0 Å². The van der Waals surface area contributed by atoms with Crippen LogP contribution in [0.2, 0.25) is 0 Å². The third-order valence-electron chi connectivity index (χ3n) is 3.98. The molecule has 0 bridgehead atoms. The summed E-state index contributed by atoms with van der Waals surface area (Å²) >= 11 is 0. The number of carbonyl (C=O) groups excluding carboxylic acids is 1. The summed E-state index contributed by atoms with van der Waals surface area (Å²) in [6.07, 6.45) is 5.81. The second kappa shape index (κ2) is 10.5. The Morgan fingerprint density at radius 3 is 2.12 bits per heavy atom. The molecule has 0 spiro atoms. The molecule has 2 aromatic rings. The van der Waals surface area contributed by atoms with E-state index in [1.165, 1.54) is 18.2 Å². The molecule has 128 valence electrons. The van der Waals surface area contributed by atoms with Crippen LogP contribution in [0.15, 0.2) is 54.6 Å². The van der Waals surface area contributed by atoms with E-state index in [1.807, 2.05) is 30.3 Å². The van der Waals surface area contributed by atoms with Crippen molar-refractivity contribution in [2.24, 2.45) is 0 Å². The van der Waals surface area contributed by atoms with Gasteiger partial charge in [0.25, 0.3) is 0 Å². The van der Waals surface area contributed by atoms with Gasteiger partial charge < -0.3 is 9.47 Å². The number of carbonyl (C=O) groups is 1. The van der Waals surface area contributed by atoms with Crippen LogP contribution in [0.3, 0.4) is 0 Å². The van der Waals surface area contributed by atoms with E-state index >= 15 is 0 Å². The molecular weight excluding hydrogens is 300 g/mol. The minimum Gasteiger partial charge on any atom is -0.494 e. The van der Waals surface area contributed by atoms with Crippen LogP contribution in [-0.2, 0) is 9.53 Å². The number of hydrogen-bond acceptors (Lipinski definition) is 3. The van der Waals surface area contributed by atoms with Gasteiger partial charge in [0.1, 0.15) is 5.75 Å². The fraction of sp³-hybridized carbons (Fsp3) is 0.381. The highest BCUT2D eigenvalue weighted by Gasteiger charge is 2.00. The molecule has 0 aliphatic heterocycles. The molecule has 0 aliphatic carbocycles. The summed E-state index contributed by atoms with van der Waals surface area (Å²) in [5.74, 6) is 0.803. The molecule has 0 atom stereocenters. The Hall–Kier alpha value is -2.29. The largest absolute Gasteiger partial charge is 0.494 e. The lowest BCUT2D eigenvalue weighted by Gasteiger charge is -2.07. The summed E-state index contributed by atoms with van der Waals surface area (Å²) in [6.45, 7) is 0.738. The number of ether oxygens (including phenoxy) is 2. The summed E-state index contributed by atoms with van der Waals surface area (Å²) in [5.41, 5.74) is 2.42. The van der Waals surface area contributed by atoms with Gasteiger partial charge in [-0.05, 0) is 36.1 Å². The smallest absolute Gasteiger partial charge is 0.305 e. The van der Waals surface area contributed by atoms with Crippen molar-refractivity contribution in [3.05, 3.63) is 54.6 Å². The molecule has 0 heterocycles. The standard InChI is InChI=1S/C21H26O3/c1-23-21(22)12-8-3-2-4-9-17-24-20-15-13-19(14-16-20)18-10-6-5-7-11-18/h5-7,10-11,13-16H,2-4,8-9,12,17H2,1H3. The first kappa shape index (κ1) is 18.1. The molecule has 3 nitrogen and oxygen atoms in total. The van der Waals surface area contributed by atoms with Crippen LogP contribution in [0.5, 0.6) is 5.75 Å². The molecular formula is C21H26O3. The highest BCUT2D eigenvalue weighted by Crippen LogP contribution is 2.22. The van der Waals surface area contributed by atoms with Crippen LogP contribution < -0.4 is 4.74 Å². The van der Waals surface area contributed by atoms with E-state index in [0.29, 0.717) is 6.42 Å². The van der Waals surface area contributed by atoms with Crippen molar-refractivity contribution in [1.82, 2.24) is 0 Å². The zero-order valence-corrected chi connectivity index (χ0v) is 14.4. The van der Waals surface area contributed by atoms with Gasteiger partial charge in [0.15, 0.2) is 0 Å². The average molecular weight is 326 g/mol. The number of methoxy groups -OCH3 is 1. The van der Waals surface area contributed by atoms with Gasteiger partial charge in [-0.25, -0.2) is 0 Å². The molecule has 24 heavy (non-hydrogen) atoms. The second-order valence-electron chi connectivity index (χ2n) is 5.83. The van der Waals surface area contributed by atoms with Crippen LogP contribution in [0, 0.1) is 0 Å². The maximum atomic E-state index is 11.0. The van der Waals surface area contributed by atoms with E-state index in [1.54, 1.807) is 0 Å². The van der Waals surface area contributed by atoms with Gasteiger partial charge in [0.05, 0.1) is 13.7 Å². The summed E-state index contributed by atoms with van der Waals surface area (Å²) in [6, 6.07) is 18.6. The molecule has 0 fully saturated rings. The molecule has 2 aromatic carbocycles. The molecule has 0 aromatic heterocycles. The molecule has 0 unspecified atom stereocenters. The fourth-order valence-electron chi connectivity index (χ4n) is 2.57. The molecule has 3 heteroatoms. The van der Waals surface area contributed by atoms with Crippen molar-refractivity contribution in [3.63, 3.8) is 0 Å². The first-order chi connectivity index (χ1) is 11.8. The van der Waals surface area contributed by atoms with E-state index in [-0.39, 0.29) is 5.97 Å².